The zero-order valence-corrected chi connectivity index (χ0v) is 14.1. The van der Waals surface area contributed by atoms with Gasteiger partial charge in [0, 0.05) is 10.5 Å². The lowest BCUT2D eigenvalue weighted by atomic mass is 9.95. The van der Waals surface area contributed by atoms with Gasteiger partial charge in [-0.1, -0.05) is 47.3 Å². The van der Waals surface area contributed by atoms with Crippen LogP contribution in [0.2, 0.25) is 0 Å². The molecule has 0 aliphatic heterocycles. The van der Waals surface area contributed by atoms with E-state index >= 15 is 0 Å². The summed E-state index contributed by atoms with van der Waals surface area (Å²) in [5.41, 5.74) is 6.09. The highest BCUT2D eigenvalue weighted by atomic mass is 79.9. The number of nitrogens with two attached hydrogens (primary N) is 1. The first-order chi connectivity index (χ1) is 10.5. The van der Waals surface area contributed by atoms with E-state index in [1.165, 1.54) is 19.3 Å². The van der Waals surface area contributed by atoms with Gasteiger partial charge in [-0.3, -0.25) is 4.79 Å². The average Bonchev–Trinajstić information content (AvgIpc) is 2.47. The number of rotatable bonds is 5. The molecule has 22 heavy (non-hydrogen) atoms. The molecule has 6 heteroatoms. The normalized spacial score (nSPS) is 16.8. The molecular weight excluding hydrogens is 346 g/mol. The van der Waals surface area contributed by atoms with Crippen LogP contribution in [-0.2, 0) is 4.79 Å². The number of benzene rings is 1. The van der Waals surface area contributed by atoms with Crippen molar-refractivity contribution in [3.8, 4) is 0 Å². The number of hydrogen-bond donors (Lipinski definition) is 3. The van der Waals surface area contributed by atoms with Gasteiger partial charge in [0.25, 0.3) is 0 Å². The zero-order valence-electron chi connectivity index (χ0n) is 12.5. The zero-order chi connectivity index (χ0) is 15.9. The van der Waals surface area contributed by atoms with E-state index in [1.807, 2.05) is 24.3 Å². The van der Waals surface area contributed by atoms with Crippen LogP contribution in [0.25, 0.3) is 0 Å². The summed E-state index contributed by atoms with van der Waals surface area (Å²) in [6.45, 7) is 0. The highest BCUT2D eigenvalue weighted by Gasteiger charge is 2.21. The Kier molecular flexibility index (Phi) is 6.24. The molecule has 0 unspecified atom stereocenters. The molecule has 1 aromatic rings. The van der Waals surface area contributed by atoms with Crippen molar-refractivity contribution >= 4 is 27.9 Å². The van der Waals surface area contributed by atoms with Crippen molar-refractivity contribution < 1.29 is 9.59 Å². The molecule has 0 saturated heterocycles. The number of nitrogens with one attached hydrogen (secondary N) is 2. The van der Waals surface area contributed by atoms with E-state index in [-0.39, 0.29) is 18.4 Å². The number of carbonyl (C=O) groups excluding carboxylic acids is 2. The molecule has 0 spiro atoms. The smallest absolute Gasteiger partial charge is 0.312 e. The highest BCUT2D eigenvalue weighted by molar-refractivity contribution is 9.10. The van der Waals surface area contributed by atoms with E-state index in [4.69, 9.17) is 5.73 Å². The van der Waals surface area contributed by atoms with Crippen LogP contribution in [0.4, 0.5) is 4.79 Å². The van der Waals surface area contributed by atoms with Gasteiger partial charge in [0.05, 0.1) is 12.5 Å². The largest absolute Gasteiger partial charge is 0.353 e. The van der Waals surface area contributed by atoms with Gasteiger partial charge < -0.3 is 16.4 Å². The van der Waals surface area contributed by atoms with Gasteiger partial charge in [-0.2, -0.15) is 0 Å². The number of primary amides is 1. The molecule has 1 aliphatic rings. The molecule has 3 amide bonds. The Balaban J connectivity index is 1.99. The van der Waals surface area contributed by atoms with Crippen LogP contribution >= 0.6 is 15.9 Å². The molecule has 1 saturated carbocycles. The molecule has 0 heterocycles. The number of carbonyl (C=O) groups is 2. The molecular formula is C16H22BrN3O2. The summed E-state index contributed by atoms with van der Waals surface area (Å²) in [7, 11) is 0. The monoisotopic (exact) mass is 367 g/mol. The second-order valence-corrected chi connectivity index (χ2v) is 6.64. The minimum absolute atomic E-state index is 0.0503. The van der Waals surface area contributed by atoms with E-state index < -0.39 is 12.1 Å². The fourth-order valence-electron chi connectivity index (χ4n) is 2.87. The molecule has 1 fully saturated rings. The number of amides is 3. The van der Waals surface area contributed by atoms with Gasteiger partial charge in [0.2, 0.25) is 5.91 Å². The lowest BCUT2D eigenvalue weighted by molar-refractivity contribution is -0.122. The Morgan fingerprint density at radius 3 is 2.64 bits per heavy atom. The van der Waals surface area contributed by atoms with Crippen molar-refractivity contribution in [1.29, 1.82) is 0 Å². The third-order valence-electron chi connectivity index (χ3n) is 3.93. The first-order valence-electron chi connectivity index (χ1n) is 7.65. The highest BCUT2D eigenvalue weighted by Crippen LogP contribution is 2.22. The van der Waals surface area contributed by atoms with Crippen molar-refractivity contribution in [2.45, 2.75) is 50.6 Å². The second kappa shape index (κ2) is 8.17. The Bertz CT molecular complexity index is 530. The number of halogens is 1. The first kappa shape index (κ1) is 16.8. The van der Waals surface area contributed by atoms with Gasteiger partial charge in [0.15, 0.2) is 0 Å². The third kappa shape index (κ3) is 5.33. The Morgan fingerprint density at radius 2 is 2.00 bits per heavy atom. The maximum absolute atomic E-state index is 12.2. The van der Waals surface area contributed by atoms with Crippen molar-refractivity contribution in [3.63, 3.8) is 0 Å². The molecule has 1 atom stereocenters. The number of urea groups is 1. The van der Waals surface area contributed by atoms with Crippen molar-refractivity contribution in [2.24, 2.45) is 5.73 Å². The van der Waals surface area contributed by atoms with E-state index in [9.17, 15) is 9.59 Å². The Hall–Kier alpha value is -1.56. The Labute approximate surface area is 139 Å². The molecule has 120 valence electrons. The van der Waals surface area contributed by atoms with Crippen LogP contribution in [0.15, 0.2) is 28.7 Å². The predicted octanol–water partition coefficient (Wildman–Crippen LogP) is 3.00. The summed E-state index contributed by atoms with van der Waals surface area (Å²) in [5.74, 6) is -0.0503. The van der Waals surface area contributed by atoms with Crippen molar-refractivity contribution in [2.75, 3.05) is 0 Å². The van der Waals surface area contributed by atoms with Crippen LogP contribution in [0.5, 0.6) is 0 Å². The van der Waals surface area contributed by atoms with E-state index in [0.717, 1.165) is 22.9 Å². The standard InChI is InChI=1S/C16H22BrN3O2/c17-12-6-4-5-11(9-12)14(20-16(18)22)10-15(21)19-13-7-2-1-3-8-13/h4-6,9,13-14H,1-3,7-8,10H2,(H,19,21)(H3,18,20,22)/t14-/m1/s1. The molecule has 1 aliphatic carbocycles. The lowest BCUT2D eigenvalue weighted by Crippen LogP contribution is -2.40. The quantitative estimate of drug-likeness (QED) is 0.747. The molecule has 0 radical (unpaired) electrons. The van der Waals surface area contributed by atoms with Crippen LogP contribution in [-0.4, -0.2) is 18.0 Å². The summed E-state index contributed by atoms with van der Waals surface area (Å²) < 4.78 is 0.897. The summed E-state index contributed by atoms with van der Waals surface area (Å²) in [5, 5.41) is 5.71. The Morgan fingerprint density at radius 1 is 1.27 bits per heavy atom. The SMILES string of the molecule is NC(=O)N[C@H](CC(=O)NC1CCCCC1)c1cccc(Br)c1. The van der Waals surface area contributed by atoms with E-state index in [0.29, 0.717) is 0 Å². The topological polar surface area (TPSA) is 84.2 Å². The predicted molar refractivity (Wildman–Crippen MR) is 89.2 cm³/mol. The van der Waals surface area contributed by atoms with Crippen LogP contribution in [0.3, 0.4) is 0 Å². The molecule has 2 rings (SSSR count). The van der Waals surface area contributed by atoms with E-state index in [1.54, 1.807) is 0 Å². The average molecular weight is 368 g/mol. The second-order valence-electron chi connectivity index (χ2n) is 5.72. The molecule has 5 nitrogen and oxygen atoms in total. The van der Waals surface area contributed by atoms with Gasteiger partial charge in [-0.05, 0) is 30.5 Å². The maximum Gasteiger partial charge on any atom is 0.312 e. The fraction of sp³-hybridized carbons (Fsp3) is 0.500. The first-order valence-corrected chi connectivity index (χ1v) is 8.44. The minimum Gasteiger partial charge on any atom is -0.353 e. The molecule has 0 bridgehead atoms. The fourth-order valence-corrected chi connectivity index (χ4v) is 3.28. The summed E-state index contributed by atoms with van der Waals surface area (Å²) in [6, 6.07) is 6.74. The summed E-state index contributed by atoms with van der Waals surface area (Å²) >= 11 is 3.40. The summed E-state index contributed by atoms with van der Waals surface area (Å²) in [4.78, 5) is 23.5. The third-order valence-corrected chi connectivity index (χ3v) is 4.42. The van der Waals surface area contributed by atoms with Gasteiger partial charge in [-0.15, -0.1) is 0 Å². The summed E-state index contributed by atoms with van der Waals surface area (Å²) in [6.07, 6.45) is 5.85. The van der Waals surface area contributed by atoms with Crippen LogP contribution < -0.4 is 16.4 Å². The molecule has 1 aromatic carbocycles. The van der Waals surface area contributed by atoms with Crippen LogP contribution in [0, 0.1) is 0 Å². The molecule has 0 aromatic heterocycles. The maximum atomic E-state index is 12.2. The van der Waals surface area contributed by atoms with Gasteiger partial charge in [0.1, 0.15) is 0 Å². The minimum atomic E-state index is -0.629. The van der Waals surface area contributed by atoms with Gasteiger partial charge in [-0.25, -0.2) is 4.79 Å². The van der Waals surface area contributed by atoms with Crippen LogP contribution in [0.1, 0.15) is 50.1 Å². The lowest BCUT2D eigenvalue weighted by Gasteiger charge is -2.24. The number of hydrogen-bond acceptors (Lipinski definition) is 2. The molecule has 4 N–H and O–H groups in total. The van der Waals surface area contributed by atoms with Crippen molar-refractivity contribution in [1.82, 2.24) is 10.6 Å². The van der Waals surface area contributed by atoms with Gasteiger partial charge >= 0.3 is 6.03 Å². The van der Waals surface area contributed by atoms with E-state index in [2.05, 4.69) is 26.6 Å². The van der Waals surface area contributed by atoms with Crippen molar-refractivity contribution in [3.05, 3.63) is 34.3 Å².